The highest BCUT2D eigenvalue weighted by atomic mass is 79.9. The highest BCUT2D eigenvalue weighted by molar-refractivity contribution is 9.10. The number of benzene rings is 3. The summed E-state index contributed by atoms with van der Waals surface area (Å²) in [6, 6.07) is 17.9. The van der Waals surface area contributed by atoms with E-state index in [0.29, 0.717) is 22.3 Å². The molecule has 9 heteroatoms. The van der Waals surface area contributed by atoms with Gasteiger partial charge in [-0.2, -0.15) is 9.78 Å². The third-order valence-electron chi connectivity index (χ3n) is 6.78. The van der Waals surface area contributed by atoms with Crippen molar-refractivity contribution in [2.24, 2.45) is 5.10 Å². The number of fused-ring (bicyclic) bond motifs is 1. The molecule has 0 unspecified atom stereocenters. The Bertz CT molecular complexity index is 1590. The van der Waals surface area contributed by atoms with Crippen LogP contribution in [0, 0.1) is 17.0 Å². The first-order chi connectivity index (χ1) is 18.4. The fraction of sp³-hybridized carbons (Fsp3) is 0.276. The van der Waals surface area contributed by atoms with Gasteiger partial charge in [0.2, 0.25) is 0 Å². The summed E-state index contributed by atoms with van der Waals surface area (Å²) in [7, 11) is 0. The summed E-state index contributed by atoms with van der Waals surface area (Å²) >= 11 is 3.43. The molecule has 0 radical (unpaired) electrons. The second-order valence-electron chi connectivity index (χ2n) is 9.59. The van der Waals surface area contributed by atoms with Crippen molar-refractivity contribution < 1.29 is 9.66 Å². The van der Waals surface area contributed by atoms with Crippen molar-refractivity contribution in [1.29, 1.82) is 0 Å². The van der Waals surface area contributed by atoms with Crippen molar-refractivity contribution in [3.05, 3.63) is 108 Å². The molecule has 0 aliphatic heterocycles. The first-order valence-electron chi connectivity index (χ1n) is 12.6. The van der Waals surface area contributed by atoms with E-state index in [2.05, 4.69) is 21.0 Å². The number of nitro groups is 1. The van der Waals surface area contributed by atoms with Gasteiger partial charge in [-0.25, -0.2) is 4.98 Å². The van der Waals surface area contributed by atoms with E-state index in [1.807, 2.05) is 43.3 Å². The summed E-state index contributed by atoms with van der Waals surface area (Å²) in [4.78, 5) is 29.7. The molecule has 1 fully saturated rings. The van der Waals surface area contributed by atoms with Crippen molar-refractivity contribution in [2.45, 2.75) is 51.6 Å². The molecule has 8 nitrogen and oxygen atoms in total. The summed E-state index contributed by atoms with van der Waals surface area (Å²) in [6.45, 7) is 2.20. The van der Waals surface area contributed by atoms with Gasteiger partial charge in [-0.05, 0) is 55.7 Å². The van der Waals surface area contributed by atoms with Gasteiger partial charge in [0.05, 0.1) is 22.0 Å². The molecule has 1 heterocycles. The number of nitrogens with zero attached hydrogens (tertiary/aromatic N) is 4. The van der Waals surface area contributed by atoms with Gasteiger partial charge in [0, 0.05) is 22.0 Å². The highest BCUT2D eigenvalue weighted by Gasteiger charge is 2.23. The molecule has 1 aliphatic carbocycles. The lowest BCUT2D eigenvalue weighted by atomic mass is 9.88. The summed E-state index contributed by atoms with van der Waals surface area (Å²) in [5.41, 5.74) is 2.70. The zero-order valence-corrected chi connectivity index (χ0v) is 22.6. The minimum absolute atomic E-state index is 0.133. The van der Waals surface area contributed by atoms with Gasteiger partial charge < -0.3 is 4.74 Å². The summed E-state index contributed by atoms with van der Waals surface area (Å²) in [5.74, 6) is 0.938. The van der Waals surface area contributed by atoms with Crippen LogP contribution in [-0.4, -0.2) is 20.8 Å². The van der Waals surface area contributed by atoms with Gasteiger partial charge in [0.15, 0.2) is 5.75 Å². The van der Waals surface area contributed by atoms with E-state index < -0.39 is 4.92 Å². The van der Waals surface area contributed by atoms with Crippen molar-refractivity contribution in [1.82, 2.24) is 9.66 Å². The van der Waals surface area contributed by atoms with Gasteiger partial charge in [-0.3, -0.25) is 14.9 Å². The second-order valence-corrected chi connectivity index (χ2v) is 10.5. The first-order valence-corrected chi connectivity index (χ1v) is 13.4. The van der Waals surface area contributed by atoms with Gasteiger partial charge >= 0.3 is 5.69 Å². The Kier molecular flexibility index (Phi) is 7.64. The number of aromatic nitrogens is 2. The Hall–Kier alpha value is -3.85. The zero-order valence-electron chi connectivity index (χ0n) is 21.0. The molecule has 1 aromatic heterocycles. The number of halogens is 1. The average Bonchev–Trinajstić information content (AvgIpc) is 2.92. The second kappa shape index (κ2) is 11.3. The molecule has 3 aromatic carbocycles. The number of nitro benzene ring substituents is 1. The maximum absolute atomic E-state index is 13.5. The van der Waals surface area contributed by atoms with Crippen LogP contribution in [0.2, 0.25) is 0 Å². The summed E-state index contributed by atoms with van der Waals surface area (Å²) < 4.78 is 7.92. The SMILES string of the molecule is Cc1cccc(COc2ccc(C=Nn3c(C4CCCCC4)nc4ccc(Br)cc4c3=O)cc2[N+](=O)[O-])c1. The van der Waals surface area contributed by atoms with Crippen LogP contribution in [0.4, 0.5) is 5.69 Å². The molecule has 0 amide bonds. The van der Waals surface area contributed by atoms with Gasteiger partial charge in [-0.1, -0.05) is 65.0 Å². The molecule has 0 atom stereocenters. The van der Waals surface area contributed by atoms with Crippen LogP contribution >= 0.6 is 15.9 Å². The molecule has 1 saturated carbocycles. The van der Waals surface area contributed by atoms with Crippen molar-refractivity contribution >= 4 is 38.7 Å². The highest BCUT2D eigenvalue weighted by Crippen LogP contribution is 2.32. The molecule has 1 aliphatic rings. The molecular formula is C29H27BrN4O4. The fourth-order valence-electron chi connectivity index (χ4n) is 4.87. The largest absolute Gasteiger partial charge is 0.482 e. The lowest BCUT2D eigenvalue weighted by Crippen LogP contribution is -2.25. The van der Waals surface area contributed by atoms with E-state index in [9.17, 15) is 14.9 Å². The monoisotopic (exact) mass is 574 g/mol. The normalized spacial score (nSPS) is 14.3. The lowest BCUT2D eigenvalue weighted by Gasteiger charge is -2.22. The molecule has 38 heavy (non-hydrogen) atoms. The van der Waals surface area contributed by atoms with Crippen LogP contribution in [0.5, 0.6) is 5.75 Å². The number of hydrogen-bond donors (Lipinski definition) is 0. The Labute approximate surface area is 228 Å². The standard InChI is InChI=1S/C29H27BrN4O4/c1-19-6-5-7-21(14-19)18-38-27-13-10-20(15-26(27)34(36)37)17-31-33-28(22-8-3-2-4-9-22)32-25-12-11-23(30)16-24(25)29(33)35/h5-7,10-17,22H,2-4,8-9,18H2,1H3. The third-order valence-corrected chi connectivity index (χ3v) is 7.28. The maximum Gasteiger partial charge on any atom is 0.311 e. The van der Waals surface area contributed by atoms with E-state index in [1.54, 1.807) is 18.2 Å². The first kappa shape index (κ1) is 25.8. The van der Waals surface area contributed by atoms with E-state index in [4.69, 9.17) is 9.72 Å². The smallest absolute Gasteiger partial charge is 0.311 e. The van der Waals surface area contributed by atoms with Crippen LogP contribution < -0.4 is 10.3 Å². The average molecular weight is 575 g/mol. The van der Waals surface area contributed by atoms with Gasteiger partial charge in [0.25, 0.3) is 5.56 Å². The third kappa shape index (κ3) is 5.67. The fourth-order valence-corrected chi connectivity index (χ4v) is 5.23. The Morgan fingerprint density at radius 1 is 1.13 bits per heavy atom. The molecule has 0 bridgehead atoms. The predicted octanol–water partition coefficient (Wildman–Crippen LogP) is 6.88. The van der Waals surface area contributed by atoms with E-state index in [0.717, 1.165) is 41.3 Å². The van der Waals surface area contributed by atoms with E-state index in [-0.39, 0.29) is 29.5 Å². The van der Waals surface area contributed by atoms with Crippen LogP contribution in [0.25, 0.3) is 10.9 Å². The number of rotatable bonds is 7. The molecule has 0 saturated heterocycles. The van der Waals surface area contributed by atoms with E-state index >= 15 is 0 Å². The number of hydrogen-bond acceptors (Lipinski definition) is 6. The van der Waals surface area contributed by atoms with Crippen LogP contribution in [0.3, 0.4) is 0 Å². The molecular weight excluding hydrogens is 548 g/mol. The van der Waals surface area contributed by atoms with E-state index in [1.165, 1.54) is 23.4 Å². The van der Waals surface area contributed by atoms with Crippen molar-refractivity contribution in [2.75, 3.05) is 0 Å². The van der Waals surface area contributed by atoms with Crippen molar-refractivity contribution in [3.8, 4) is 5.75 Å². The van der Waals surface area contributed by atoms with Gasteiger partial charge in [-0.15, -0.1) is 0 Å². The lowest BCUT2D eigenvalue weighted by molar-refractivity contribution is -0.385. The Morgan fingerprint density at radius 2 is 1.95 bits per heavy atom. The molecule has 5 rings (SSSR count). The minimum atomic E-state index is -0.475. The maximum atomic E-state index is 13.5. The van der Waals surface area contributed by atoms with Crippen molar-refractivity contribution in [3.63, 3.8) is 0 Å². The van der Waals surface area contributed by atoms with Crippen LogP contribution in [0.15, 0.2) is 75.0 Å². The van der Waals surface area contributed by atoms with Gasteiger partial charge in [0.1, 0.15) is 12.4 Å². The Balaban J connectivity index is 1.49. The molecule has 4 aromatic rings. The minimum Gasteiger partial charge on any atom is -0.482 e. The molecule has 0 spiro atoms. The number of ether oxygens (including phenoxy) is 1. The predicted molar refractivity (Wildman–Crippen MR) is 151 cm³/mol. The molecule has 0 N–H and O–H groups in total. The summed E-state index contributed by atoms with van der Waals surface area (Å²) in [6.07, 6.45) is 6.70. The summed E-state index contributed by atoms with van der Waals surface area (Å²) in [5, 5.41) is 16.8. The topological polar surface area (TPSA) is 99.6 Å². The van der Waals surface area contributed by atoms with Crippen LogP contribution in [-0.2, 0) is 6.61 Å². The quantitative estimate of drug-likeness (QED) is 0.136. The molecule has 194 valence electrons. The van der Waals surface area contributed by atoms with Crippen LogP contribution in [0.1, 0.15) is 60.5 Å². The Morgan fingerprint density at radius 3 is 2.71 bits per heavy atom. The zero-order chi connectivity index (χ0) is 26.6. The number of aryl methyl sites for hydroxylation is 1.